The first kappa shape index (κ1) is 17.0. The molecule has 24 heavy (non-hydrogen) atoms. The van der Waals surface area contributed by atoms with Crippen molar-refractivity contribution in [2.75, 3.05) is 13.1 Å². The highest BCUT2D eigenvalue weighted by atomic mass is 19.3. The van der Waals surface area contributed by atoms with E-state index in [2.05, 4.69) is 4.98 Å². The topological polar surface area (TPSA) is 42.4 Å². The predicted octanol–water partition coefficient (Wildman–Crippen LogP) is 3.42. The summed E-state index contributed by atoms with van der Waals surface area (Å²) in [6, 6.07) is 2.74. The van der Waals surface area contributed by atoms with Crippen molar-refractivity contribution in [1.82, 2.24) is 9.88 Å². The van der Waals surface area contributed by atoms with E-state index < -0.39 is 17.7 Å². The van der Waals surface area contributed by atoms with Gasteiger partial charge in [0, 0.05) is 31.5 Å². The lowest BCUT2D eigenvalue weighted by atomic mass is 9.85. The highest BCUT2D eigenvalue weighted by molar-refractivity contribution is 5.79. The van der Waals surface area contributed by atoms with E-state index in [1.807, 2.05) is 0 Å². The van der Waals surface area contributed by atoms with Gasteiger partial charge in [-0.3, -0.25) is 4.79 Å². The minimum Gasteiger partial charge on any atom is -0.470 e. The second-order valence-electron chi connectivity index (χ2n) is 6.61. The first-order valence-corrected chi connectivity index (χ1v) is 8.38. The molecule has 0 spiro atoms. The number of halogens is 3. The Labute approximate surface area is 139 Å². The Morgan fingerprint density at radius 1 is 1.33 bits per heavy atom. The average Bonchev–Trinajstić information content (AvgIpc) is 2.56. The number of aromatic nitrogens is 1. The van der Waals surface area contributed by atoms with Gasteiger partial charge in [0.15, 0.2) is 5.82 Å². The molecule has 1 saturated carbocycles. The van der Waals surface area contributed by atoms with Crippen LogP contribution in [0.1, 0.15) is 38.5 Å². The summed E-state index contributed by atoms with van der Waals surface area (Å²) in [5.41, 5.74) is 0. The van der Waals surface area contributed by atoms with Crippen molar-refractivity contribution in [3.63, 3.8) is 0 Å². The molecule has 2 heterocycles. The molecule has 1 saturated heterocycles. The Hall–Kier alpha value is -1.79. The molecule has 3 rings (SSSR count). The smallest absolute Gasteiger partial charge is 0.250 e. The van der Waals surface area contributed by atoms with Crippen molar-refractivity contribution in [1.29, 1.82) is 0 Å². The first-order valence-electron chi connectivity index (χ1n) is 8.38. The van der Waals surface area contributed by atoms with Crippen LogP contribution in [0.15, 0.2) is 18.3 Å². The number of nitrogens with zero attached hydrogens (tertiary/aromatic N) is 2. The van der Waals surface area contributed by atoms with E-state index >= 15 is 0 Å². The molecule has 2 fully saturated rings. The Bertz CT molecular complexity index is 597. The van der Waals surface area contributed by atoms with Crippen molar-refractivity contribution < 1.29 is 22.7 Å². The number of alkyl halides is 2. The maximum absolute atomic E-state index is 13.6. The lowest BCUT2D eigenvalue weighted by Crippen LogP contribution is -2.48. The van der Waals surface area contributed by atoms with E-state index in [4.69, 9.17) is 4.74 Å². The molecule has 1 amide bonds. The molecule has 2 aliphatic rings. The number of rotatable bonds is 3. The third-order valence-corrected chi connectivity index (χ3v) is 4.68. The summed E-state index contributed by atoms with van der Waals surface area (Å²) in [4.78, 5) is 18.0. The highest BCUT2D eigenvalue weighted by Gasteiger charge is 2.41. The first-order chi connectivity index (χ1) is 11.4. The number of carbonyl (C=O) groups excluding carboxylic acids is 1. The normalized spacial score (nSPS) is 26.9. The summed E-state index contributed by atoms with van der Waals surface area (Å²) in [6.07, 6.45) is 2.82. The molecule has 2 atom stereocenters. The number of pyridine rings is 1. The van der Waals surface area contributed by atoms with Crippen LogP contribution in [0.5, 0.6) is 5.88 Å². The van der Waals surface area contributed by atoms with Crippen molar-refractivity contribution >= 4 is 5.91 Å². The van der Waals surface area contributed by atoms with E-state index in [1.54, 1.807) is 4.90 Å². The lowest BCUT2D eigenvalue weighted by molar-refractivity contribution is -0.145. The van der Waals surface area contributed by atoms with Crippen LogP contribution in [0.2, 0.25) is 0 Å². The van der Waals surface area contributed by atoms with Crippen LogP contribution in [0.3, 0.4) is 0 Å². The fourth-order valence-corrected chi connectivity index (χ4v) is 3.49. The predicted molar refractivity (Wildman–Crippen MR) is 81.3 cm³/mol. The summed E-state index contributed by atoms with van der Waals surface area (Å²) >= 11 is 0. The van der Waals surface area contributed by atoms with Crippen LogP contribution in [-0.4, -0.2) is 40.9 Å². The number of hydrogen-bond donors (Lipinski definition) is 0. The zero-order chi connectivity index (χ0) is 17.2. The second-order valence-corrected chi connectivity index (χ2v) is 6.61. The summed E-state index contributed by atoms with van der Waals surface area (Å²) in [6.45, 7) is 0.822. The zero-order valence-electron chi connectivity index (χ0n) is 13.4. The van der Waals surface area contributed by atoms with Crippen LogP contribution in [-0.2, 0) is 4.79 Å². The summed E-state index contributed by atoms with van der Waals surface area (Å²) in [7, 11) is 0. The average molecular weight is 342 g/mol. The molecule has 1 aromatic rings. The van der Waals surface area contributed by atoms with Gasteiger partial charge >= 0.3 is 0 Å². The van der Waals surface area contributed by atoms with Gasteiger partial charge in [0.1, 0.15) is 6.10 Å². The second kappa shape index (κ2) is 6.99. The zero-order valence-corrected chi connectivity index (χ0v) is 13.4. The van der Waals surface area contributed by atoms with Crippen molar-refractivity contribution in [3.05, 3.63) is 24.1 Å². The number of carbonyl (C=O) groups is 1. The molecule has 4 nitrogen and oxygen atoms in total. The molecular weight excluding hydrogens is 321 g/mol. The monoisotopic (exact) mass is 342 g/mol. The lowest BCUT2D eigenvalue weighted by Gasteiger charge is -2.37. The van der Waals surface area contributed by atoms with E-state index in [0.29, 0.717) is 32.2 Å². The molecule has 7 heteroatoms. The van der Waals surface area contributed by atoms with Gasteiger partial charge in [-0.2, -0.15) is 0 Å². The number of ether oxygens (including phenoxy) is 1. The van der Waals surface area contributed by atoms with Gasteiger partial charge in [0.2, 0.25) is 11.8 Å². The van der Waals surface area contributed by atoms with Crippen LogP contribution in [0.4, 0.5) is 13.2 Å². The molecule has 1 aromatic heterocycles. The van der Waals surface area contributed by atoms with E-state index in [9.17, 15) is 18.0 Å². The minimum absolute atomic E-state index is 0.0824. The fourth-order valence-electron chi connectivity index (χ4n) is 3.49. The standard InChI is InChI=1S/C17H21F3N2O2/c18-14-6-2-8-21-15(14)24-13-5-3-9-22(11-13)16(23)12-4-1-7-17(19,20)10-12/h2,6,8,12-13H,1,3-5,7,9-11H2/t12-,13+/m1/s1. The fraction of sp³-hybridized carbons (Fsp3) is 0.647. The highest BCUT2D eigenvalue weighted by Crippen LogP contribution is 2.37. The van der Waals surface area contributed by atoms with Gasteiger partial charge in [-0.05, 0) is 37.8 Å². The quantitative estimate of drug-likeness (QED) is 0.845. The molecule has 0 aromatic carbocycles. The van der Waals surface area contributed by atoms with E-state index in [-0.39, 0.29) is 37.3 Å². The summed E-state index contributed by atoms with van der Waals surface area (Å²) in [5, 5.41) is 0. The number of likely N-dealkylation sites (tertiary alicyclic amines) is 1. The van der Waals surface area contributed by atoms with Crippen molar-refractivity contribution in [2.24, 2.45) is 5.92 Å². The summed E-state index contributed by atoms with van der Waals surface area (Å²) < 4.78 is 46.3. The maximum atomic E-state index is 13.6. The van der Waals surface area contributed by atoms with Crippen LogP contribution in [0.25, 0.3) is 0 Å². The SMILES string of the molecule is O=C([C@@H]1CCCC(F)(F)C1)N1CCC[C@H](Oc2ncccc2F)C1. The van der Waals surface area contributed by atoms with Crippen LogP contribution >= 0.6 is 0 Å². The largest absolute Gasteiger partial charge is 0.470 e. The van der Waals surface area contributed by atoms with E-state index in [0.717, 1.165) is 0 Å². The molecule has 0 bridgehead atoms. The number of piperidine rings is 1. The maximum Gasteiger partial charge on any atom is 0.250 e. The van der Waals surface area contributed by atoms with Gasteiger partial charge in [-0.1, -0.05) is 0 Å². The van der Waals surface area contributed by atoms with Crippen LogP contribution < -0.4 is 4.74 Å². The van der Waals surface area contributed by atoms with E-state index in [1.165, 1.54) is 18.3 Å². The van der Waals surface area contributed by atoms with Gasteiger partial charge < -0.3 is 9.64 Å². The molecule has 1 aliphatic carbocycles. The number of hydrogen-bond acceptors (Lipinski definition) is 3. The van der Waals surface area contributed by atoms with Crippen molar-refractivity contribution in [2.45, 2.75) is 50.6 Å². The summed E-state index contributed by atoms with van der Waals surface area (Å²) in [5.74, 6) is -4.24. The number of amides is 1. The Morgan fingerprint density at radius 2 is 2.17 bits per heavy atom. The third kappa shape index (κ3) is 3.99. The van der Waals surface area contributed by atoms with Gasteiger partial charge in [-0.15, -0.1) is 0 Å². The molecule has 0 N–H and O–H groups in total. The van der Waals surface area contributed by atoms with Crippen molar-refractivity contribution in [3.8, 4) is 5.88 Å². The Morgan fingerprint density at radius 3 is 2.92 bits per heavy atom. The van der Waals surface area contributed by atoms with Crippen LogP contribution in [0, 0.1) is 11.7 Å². The third-order valence-electron chi connectivity index (χ3n) is 4.68. The Kier molecular flexibility index (Phi) is 4.96. The van der Waals surface area contributed by atoms with Gasteiger partial charge in [0.25, 0.3) is 5.88 Å². The molecule has 0 radical (unpaired) electrons. The Balaban J connectivity index is 1.61. The van der Waals surface area contributed by atoms with Gasteiger partial charge in [-0.25, -0.2) is 18.2 Å². The molecule has 0 unspecified atom stereocenters. The molecule has 1 aliphatic heterocycles. The van der Waals surface area contributed by atoms with Gasteiger partial charge in [0.05, 0.1) is 6.54 Å². The molecular formula is C17H21F3N2O2. The minimum atomic E-state index is -2.75. The molecule has 132 valence electrons.